The zero-order valence-electron chi connectivity index (χ0n) is 17.8. The van der Waals surface area contributed by atoms with E-state index < -0.39 is 57.1 Å². The SMILES string of the molecule is C=C[C@@]1(C)CC(=O)C2(O)C(C)(O1)C(O)C(O)C1(C)C(C)(C)CCC(O)C21C.[Ac]. The number of carbonyl (C=O) groups is 1. The van der Waals surface area contributed by atoms with Crippen LogP contribution in [0.4, 0.5) is 0 Å². The minimum absolute atomic E-state index is 0. The van der Waals surface area contributed by atoms with Crippen LogP contribution in [0, 0.1) is 60.3 Å². The van der Waals surface area contributed by atoms with Gasteiger partial charge in [0, 0.05) is 61.3 Å². The summed E-state index contributed by atoms with van der Waals surface area (Å²) in [5, 5.41) is 45.6. The molecule has 1 saturated heterocycles. The topological polar surface area (TPSA) is 107 Å². The van der Waals surface area contributed by atoms with Crippen molar-refractivity contribution in [1.82, 2.24) is 0 Å². The first kappa shape index (κ1) is 24.9. The van der Waals surface area contributed by atoms with Gasteiger partial charge in [-0.25, -0.2) is 0 Å². The molecule has 1 aliphatic heterocycles. The van der Waals surface area contributed by atoms with Gasteiger partial charge in [0.1, 0.15) is 11.7 Å². The maximum absolute atomic E-state index is 13.5. The van der Waals surface area contributed by atoms with Gasteiger partial charge in [0.25, 0.3) is 0 Å². The number of rotatable bonds is 1. The normalized spacial score (nSPS) is 55.5. The van der Waals surface area contributed by atoms with E-state index in [2.05, 4.69) is 6.58 Å². The van der Waals surface area contributed by atoms with E-state index in [0.29, 0.717) is 12.8 Å². The Morgan fingerprint density at radius 2 is 1.57 bits per heavy atom. The summed E-state index contributed by atoms with van der Waals surface area (Å²) in [5.41, 5.74) is -8.16. The molecular formula is C21H34AcO6. The molecule has 1 heterocycles. The van der Waals surface area contributed by atoms with Crippen molar-refractivity contribution < 1.29 is 74.0 Å². The molecule has 0 aromatic heterocycles. The number of aliphatic hydroxyl groups excluding tert-OH is 3. The molecule has 8 atom stereocenters. The molecule has 2 saturated carbocycles. The molecule has 0 amide bonds. The van der Waals surface area contributed by atoms with Crippen molar-refractivity contribution in [2.45, 2.75) is 95.9 Å². The Balaban J connectivity index is 0.00000280. The van der Waals surface area contributed by atoms with Crippen LogP contribution < -0.4 is 0 Å². The average molecular weight is 609 g/mol. The van der Waals surface area contributed by atoms with E-state index in [1.165, 1.54) is 13.0 Å². The number of carbonyl (C=O) groups excluding carboxylic acids is 1. The Labute approximate surface area is 203 Å². The van der Waals surface area contributed by atoms with Gasteiger partial charge in [-0.3, -0.25) is 4.79 Å². The van der Waals surface area contributed by atoms with Crippen molar-refractivity contribution in [3.05, 3.63) is 12.7 Å². The van der Waals surface area contributed by atoms with Gasteiger partial charge in [-0.2, -0.15) is 0 Å². The molecule has 7 unspecified atom stereocenters. The summed E-state index contributed by atoms with van der Waals surface area (Å²) >= 11 is 0. The van der Waals surface area contributed by atoms with Crippen molar-refractivity contribution in [2.75, 3.05) is 0 Å². The molecule has 7 heteroatoms. The molecular weight excluding hydrogens is 575 g/mol. The van der Waals surface area contributed by atoms with Gasteiger partial charge in [-0.1, -0.05) is 33.8 Å². The summed E-state index contributed by atoms with van der Waals surface area (Å²) in [5.74, 6) is -0.505. The van der Waals surface area contributed by atoms with Crippen molar-refractivity contribution in [2.24, 2.45) is 16.2 Å². The Morgan fingerprint density at radius 3 is 2.07 bits per heavy atom. The maximum Gasteiger partial charge on any atom is 0.171 e. The number of Topliss-reactive ketones (excluding diaryl/α,β-unsaturated/α-hetero) is 1. The molecule has 6 nitrogen and oxygen atoms in total. The summed E-state index contributed by atoms with van der Waals surface area (Å²) in [4.78, 5) is 13.5. The molecule has 2 aliphatic carbocycles. The first-order valence-corrected chi connectivity index (χ1v) is 9.73. The fraction of sp³-hybridized carbons (Fsp3) is 0.857. The predicted molar refractivity (Wildman–Crippen MR) is 99.9 cm³/mol. The Morgan fingerprint density at radius 1 is 1.04 bits per heavy atom. The zero-order valence-corrected chi connectivity index (χ0v) is 22.6. The molecule has 0 spiro atoms. The van der Waals surface area contributed by atoms with Crippen LogP contribution in [0.1, 0.15) is 60.8 Å². The van der Waals surface area contributed by atoms with Crippen LogP contribution in [0.2, 0.25) is 0 Å². The number of fused-ring (bicyclic) bond motifs is 3. The van der Waals surface area contributed by atoms with Crippen LogP contribution in [-0.2, 0) is 9.53 Å². The molecule has 0 aromatic rings. The molecule has 3 rings (SSSR count). The van der Waals surface area contributed by atoms with Crippen LogP contribution in [0.3, 0.4) is 0 Å². The summed E-state index contributed by atoms with van der Waals surface area (Å²) < 4.78 is 6.14. The predicted octanol–water partition coefficient (Wildman–Crippen LogP) is 1.34. The fourth-order valence-electron chi connectivity index (χ4n) is 6.55. The maximum atomic E-state index is 13.5. The van der Waals surface area contributed by atoms with Crippen molar-refractivity contribution in [3.63, 3.8) is 0 Å². The number of hydrogen-bond acceptors (Lipinski definition) is 6. The van der Waals surface area contributed by atoms with Crippen LogP contribution in [-0.4, -0.2) is 61.3 Å². The van der Waals surface area contributed by atoms with Gasteiger partial charge in [0.2, 0.25) is 0 Å². The van der Waals surface area contributed by atoms with E-state index in [0.717, 1.165) is 0 Å². The average Bonchev–Trinajstić information content (AvgIpc) is 2.59. The standard InChI is InChI=1S/C21H34O6.Ac/c1-8-17(4)11-13(23)21(26)18(5)12(22)9-10-16(2,3)19(18,6)14(24)15(25)20(21,7)27-17;/h8,12,14-15,22,24-26H,1,9-11H2,2-7H3;/t12?,14?,15?,17-,18?,19?,20?,21?;/m0./s1. The summed E-state index contributed by atoms with van der Waals surface area (Å²) in [6.07, 6.45) is -1.53. The third kappa shape index (κ3) is 2.45. The van der Waals surface area contributed by atoms with Gasteiger partial charge in [0.15, 0.2) is 11.4 Å². The second-order valence-electron chi connectivity index (χ2n) is 10.3. The third-order valence-corrected chi connectivity index (χ3v) is 8.91. The van der Waals surface area contributed by atoms with Gasteiger partial charge in [-0.15, -0.1) is 6.58 Å². The second-order valence-corrected chi connectivity index (χ2v) is 10.3. The monoisotopic (exact) mass is 609 g/mol. The molecule has 1 radical (unpaired) electrons. The van der Waals surface area contributed by atoms with E-state index in [9.17, 15) is 25.2 Å². The smallest absolute Gasteiger partial charge is 0.171 e. The first-order valence-electron chi connectivity index (χ1n) is 9.73. The van der Waals surface area contributed by atoms with E-state index >= 15 is 0 Å². The quantitative estimate of drug-likeness (QED) is 0.335. The van der Waals surface area contributed by atoms with E-state index in [1.54, 1.807) is 20.8 Å². The van der Waals surface area contributed by atoms with Crippen LogP contribution in [0.5, 0.6) is 0 Å². The van der Waals surface area contributed by atoms with Crippen LogP contribution >= 0.6 is 0 Å². The molecule has 4 N–H and O–H groups in total. The van der Waals surface area contributed by atoms with Crippen molar-refractivity contribution in [1.29, 1.82) is 0 Å². The van der Waals surface area contributed by atoms with Crippen LogP contribution in [0.25, 0.3) is 0 Å². The Kier molecular flexibility index (Phi) is 6.07. The minimum Gasteiger partial charge on any atom is -0.392 e. The number of hydrogen-bond donors (Lipinski definition) is 4. The fourth-order valence-corrected chi connectivity index (χ4v) is 6.55. The number of aliphatic hydroxyl groups is 4. The zero-order chi connectivity index (χ0) is 20.8. The molecule has 28 heavy (non-hydrogen) atoms. The van der Waals surface area contributed by atoms with Crippen molar-refractivity contribution in [3.8, 4) is 0 Å². The van der Waals surface area contributed by atoms with E-state index in [1.807, 2.05) is 13.8 Å². The van der Waals surface area contributed by atoms with E-state index in [-0.39, 0.29) is 50.5 Å². The van der Waals surface area contributed by atoms with Gasteiger partial charge < -0.3 is 25.2 Å². The van der Waals surface area contributed by atoms with Crippen molar-refractivity contribution >= 4 is 5.78 Å². The summed E-state index contributed by atoms with van der Waals surface area (Å²) in [6.45, 7) is 14.2. The van der Waals surface area contributed by atoms with Crippen LogP contribution in [0.15, 0.2) is 12.7 Å². The van der Waals surface area contributed by atoms with E-state index in [4.69, 9.17) is 4.74 Å². The number of ketones is 1. The summed E-state index contributed by atoms with van der Waals surface area (Å²) in [7, 11) is 0. The number of ether oxygens (including phenoxy) is 1. The third-order valence-electron chi connectivity index (χ3n) is 8.91. The molecule has 3 aliphatic rings. The van der Waals surface area contributed by atoms with Gasteiger partial charge in [-0.05, 0) is 32.1 Å². The van der Waals surface area contributed by atoms with Gasteiger partial charge >= 0.3 is 0 Å². The van der Waals surface area contributed by atoms with Gasteiger partial charge in [0.05, 0.1) is 17.8 Å². The second kappa shape index (κ2) is 6.82. The molecule has 0 bridgehead atoms. The minimum atomic E-state index is -2.17. The molecule has 3 fully saturated rings. The largest absolute Gasteiger partial charge is 0.392 e. The molecule has 0 aromatic carbocycles. The summed E-state index contributed by atoms with van der Waals surface area (Å²) in [6, 6.07) is 0. The Hall–Kier alpha value is 0.652. The first-order chi connectivity index (χ1) is 12.1. The molecule has 157 valence electrons. The Bertz CT molecular complexity index is 696.